The molecule has 0 spiro atoms. The average Bonchev–Trinajstić information content (AvgIpc) is 3.06. The van der Waals surface area contributed by atoms with Gasteiger partial charge in [-0.2, -0.15) is 5.26 Å². The molecule has 0 fully saturated rings. The number of anilines is 1. The Labute approximate surface area is 172 Å². The van der Waals surface area contributed by atoms with Crippen LogP contribution in [-0.2, 0) is 0 Å². The van der Waals surface area contributed by atoms with Crippen molar-refractivity contribution in [2.45, 2.75) is 20.8 Å². The predicted octanol–water partition coefficient (Wildman–Crippen LogP) is 7.02. The molecule has 0 bridgehead atoms. The van der Waals surface area contributed by atoms with E-state index in [0.29, 0.717) is 20.6 Å². The lowest BCUT2D eigenvalue weighted by Crippen LogP contribution is -1.97. The summed E-state index contributed by atoms with van der Waals surface area (Å²) in [6, 6.07) is 11.7. The van der Waals surface area contributed by atoms with Crippen molar-refractivity contribution in [1.82, 2.24) is 4.98 Å². The Bertz CT molecular complexity index is 1050. The van der Waals surface area contributed by atoms with Gasteiger partial charge in [0, 0.05) is 27.9 Å². The van der Waals surface area contributed by atoms with Crippen LogP contribution < -0.4 is 5.32 Å². The lowest BCUT2D eigenvalue weighted by atomic mass is 10.1. The minimum atomic E-state index is 0.468. The third-order valence-corrected chi connectivity index (χ3v) is 5.52. The Morgan fingerprint density at radius 1 is 1.15 bits per heavy atom. The first-order valence-corrected chi connectivity index (χ1v) is 9.88. The van der Waals surface area contributed by atoms with Gasteiger partial charge in [-0.1, -0.05) is 40.9 Å². The molecule has 1 aromatic heterocycles. The summed E-state index contributed by atoms with van der Waals surface area (Å²) in [7, 11) is 0. The predicted molar refractivity (Wildman–Crippen MR) is 115 cm³/mol. The number of allylic oxidation sites excluding steroid dienone is 1. The number of hydrogen-bond acceptors (Lipinski definition) is 4. The fraction of sp³-hybridized carbons (Fsp3) is 0.143. The summed E-state index contributed by atoms with van der Waals surface area (Å²) in [5.41, 5.74) is 6.47. The molecule has 0 atom stereocenters. The monoisotopic (exact) mass is 413 g/mol. The van der Waals surface area contributed by atoms with Crippen LogP contribution in [-0.4, -0.2) is 4.98 Å². The quantitative estimate of drug-likeness (QED) is 0.467. The van der Waals surface area contributed by atoms with E-state index in [-0.39, 0.29) is 0 Å². The maximum absolute atomic E-state index is 9.58. The molecule has 0 saturated carbocycles. The normalized spacial score (nSPS) is 11.3. The summed E-state index contributed by atoms with van der Waals surface area (Å²) in [4.78, 5) is 4.57. The van der Waals surface area contributed by atoms with Gasteiger partial charge < -0.3 is 5.32 Å². The Hall–Kier alpha value is -2.32. The van der Waals surface area contributed by atoms with Crippen molar-refractivity contribution in [1.29, 1.82) is 5.26 Å². The number of benzene rings is 2. The Kier molecular flexibility index (Phi) is 5.86. The van der Waals surface area contributed by atoms with Gasteiger partial charge in [-0.25, -0.2) is 4.98 Å². The van der Waals surface area contributed by atoms with Crippen LogP contribution in [0.4, 0.5) is 5.69 Å². The molecule has 1 N–H and O–H groups in total. The highest BCUT2D eigenvalue weighted by Gasteiger charge is 2.12. The van der Waals surface area contributed by atoms with E-state index >= 15 is 0 Å². The van der Waals surface area contributed by atoms with Gasteiger partial charge in [-0.15, -0.1) is 11.3 Å². The lowest BCUT2D eigenvalue weighted by Gasteiger charge is -2.11. The van der Waals surface area contributed by atoms with Gasteiger partial charge in [0.2, 0.25) is 0 Å². The zero-order chi connectivity index (χ0) is 19.6. The van der Waals surface area contributed by atoms with E-state index in [0.717, 1.165) is 28.1 Å². The second-order valence-corrected chi connectivity index (χ2v) is 7.95. The minimum absolute atomic E-state index is 0.468. The molecule has 0 amide bonds. The van der Waals surface area contributed by atoms with Gasteiger partial charge in [-0.3, -0.25) is 0 Å². The Morgan fingerprint density at radius 2 is 1.85 bits per heavy atom. The van der Waals surface area contributed by atoms with Crippen LogP contribution in [0.3, 0.4) is 0 Å². The van der Waals surface area contributed by atoms with E-state index in [1.807, 2.05) is 25.3 Å². The van der Waals surface area contributed by atoms with Crippen LogP contribution in [0, 0.1) is 32.1 Å². The first-order chi connectivity index (χ1) is 12.9. The summed E-state index contributed by atoms with van der Waals surface area (Å²) >= 11 is 13.6. The summed E-state index contributed by atoms with van der Waals surface area (Å²) in [5.74, 6) is 0. The maximum Gasteiger partial charge on any atom is 0.136 e. The Balaban J connectivity index is 1.90. The first kappa shape index (κ1) is 19.4. The minimum Gasteiger partial charge on any atom is -0.360 e. The number of aryl methyl sites for hydroxylation is 3. The van der Waals surface area contributed by atoms with E-state index in [9.17, 15) is 5.26 Å². The van der Waals surface area contributed by atoms with E-state index in [2.05, 4.69) is 35.4 Å². The molecule has 0 aliphatic heterocycles. The number of rotatable bonds is 4. The maximum atomic E-state index is 9.58. The van der Waals surface area contributed by atoms with E-state index in [1.165, 1.54) is 16.9 Å². The molecule has 3 nitrogen and oxygen atoms in total. The van der Waals surface area contributed by atoms with Crippen LogP contribution >= 0.6 is 34.5 Å². The van der Waals surface area contributed by atoms with Crippen molar-refractivity contribution in [2.75, 3.05) is 5.32 Å². The molecule has 0 aliphatic carbocycles. The van der Waals surface area contributed by atoms with E-state index < -0.39 is 0 Å². The van der Waals surface area contributed by atoms with Crippen LogP contribution in [0.1, 0.15) is 21.7 Å². The molecule has 0 radical (unpaired) electrons. The van der Waals surface area contributed by atoms with Crippen molar-refractivity contribution in [3.63, 3.8) is 0 Å². The number of halogens is 2. The summed E-state index contributed by atoms with van der Waals surface area (Å²) in [5, 5.41) is 16.5. The number of nitrogens with one attached hydrogen (secondary N) is 1. The molecule has 6 heteroatoms. The highest BCUT2D eigenvalue weighted by Crippen LogP contribution is 2.32. The fourth-order valence-electron chi connectivity index (χ4n) is 2.91. The number of nitriles is 1. The second kappa shape index (κ2) is 8.14. The van der Waals surface area contributed by atoms with Crippen molar-refractivity contribution in [3.05, 3.63) is 73.7 Å². The van der Waals surface area contributed by atoms with Crippen LogP contribution in [0.25, 0.3) is 16.8 Å². The number of nitrogens with zero attached hydrogens (tertiary/aromatic N) is 2. The topological polar surface area (TPSA) is 48.7 Å². The molecule has 27 heavy (non-hydrogen) atoms. The van der Waals surface area contributed by atoms with Crippen molar-refractivity contribution < 1.29 is 0 Å². The average molecular weight is 414 g/mol. The van der Waals surface area contributed by atoms with Crippen LogP contribution in [0.2, 0.25) is 10.0 Å². The summed E-state index contributed by atoms with van der Waals surface area (Å²) < 4.78 is 0. The molecule has 3 aromatic rings. The van der Waals surface area contributed by atoms with Gasteiger partial charge in [0.1, 0.15) is 16.6 Å². The highest BCUT2D eigenvalue weighted by molar-refractivity contribution is 7.11. The first-order valence-electron chi connectivity index (χ1n) is 8.25. The van der Waals surface area contributed by atoms with Gasteiger partial charge in [0.05, 0.1) is 10.7 Å². The van der Waals surface area contributed by atoms with Gasteiger partial charge in [0.25, 0.3) is 0 Å². The zero-order valence-corrected chi connectivity index (χ0v) is 17.4. The van der Waals surface area contributed by atoms with Gasteiger partial charge in [-0.05, 0) is 50.1 Å². The fourth-order valence-corrected chi connectivity index (χ4v) is 4.20. The Morgan fingerprint density at radius 3 is 2.48 bits per heavy atom. The third-order valence-electron chi connectivity index (χ3n) is 4.10. The molecule has 2 aromatic carbocycles. The zero-order valence-electron chi connectivity index (χ0n) is 15.1. The number of thiazole rings is 1. The van der Waals surface area contributed by atoms with Crippen molar-refractivity contribution >= 4 is 45.8 Å². The molecule has 3 rings (SSSR count). The van der Waals surface area contributed by atoms with Crippen molar-refractivity contribution in [3.8, 4) is 17.3 Å². The molecule has 0 saturated heterocycles. The van der Waals surface area contributed by atoms with Crippen LogP contribution in [0.5, 0.6) is 0 Å². The molecule has 1 heterocycles. The van der Waals surface area contributed by atoms with Gasteiger partial charge >= 0.3 is 0 Å². The van der Waals surface area contributed by atoms with E-state index in [4.69, 9.17) is 23.2 Å². The molecular formula is C21H17Cl2N3S. The standard InChI is InChI=1S/C21H17Cl2N3S/c1-12-6-13(2)20(14(3)7-12)25-10-15(9-24)21-26-19(11-27-21)17-5-4-16(22)8-18(17)23/h4-8,10-11,25H,1-3H3/b15-10+. The summed E-state index contributed by atoms with van der Waals surface area (Å²) in [6.45, 7) is 6.16. The second-order valence-electron chi connectivity index (χ2n) is 6.25. The summed E-state index contributed by atoms with van der Waals surface area (Å²) in [6.07, 6.45) is 1.71. The van der Waals surface area contributed by atoms with Crippen LogP contribution in [0.15, 0.2) is 41.9 Å². The SMILES string of the molecule is Cc1cc(C)c(N/C=C(\C#N)c2nc(-c3ccc(Cl)cc3Cl)cs2)c(C)c1. The smallest absolute Gasteiger partial charge is 0.136 e. The van der Waals surface area contributed by atoms with Crippen molar-refractivity contribution in [2.24, 2.45) is 0 Å². The largest absolute Gasteiger partial charge is 0.360 e. The lowest BCUT2D eigenvalue weighted by molar-refractivity contribution is 1.31. The molecule has 0 aliphatic rings. The van der Waals surface area contributed by atoms with E-state index in [1.54, 1.807) is 18.3 Å². The third kappa shape index (κ3) is 4.33. The molecular weight excluding hydrogens is 397 g/mol. The number of aromatic nitrogens is 1. The van der Waals surface area contributed by atoms with Gasteiger partial charge in [0.15, 0.2) is 0 Å². The highest BCUT2D eigenvalue weighted by atomic mass is 35.5. The number of hydrogen-bond donors (Lipinski definition) is 1. The molecule has 0 unspecified atom stereocenters. The molecule has 136 valence electrons.